The number of hydrogen-bond donors (Lipinski definition) is 1. The fourth-order valence-corrected chi connectivity index (χ4v) is 2.13. The van der Waals surface area contributed by atoms with E-state index in [1.54, 1.807) is 13.8 Å². The fraction of sp³-hybridized carbons (Fsp3) is 0.250. The lowest BCUT2D eigenvalue weighted by Gasteiger charge is -2.10. The van der Waals surface area contributed by atoms with Crippen LogP contribution in [0.4, 0.5) is 5.69 Å². The largest absolute Gasteiger partial charge is 0.476 e. The van der Waals surface area contributed by atoms with Gasteiger partial charge in [0.15, 0.2) is 5.69 Å². The van der Waals surface area contributed by atoms with E-state index >= 15 is 0 Å². The fourth-order valence-electron chi connectivity index (χ4n) is 1.96. The number of carboxylic acids is 1. The predicted molar refractivity (Wildman–Crippen MR) is 74.1 cm³/mol. The maximum atomic E-state index is 11.2. The number of nitrogens with zero attached hydrogens (tertiary/aromatic N) is 4. The molecule has 1 N–H and O–H groups in total. The summed E-state index contributed by atoms with van der Waals surface area (Å²) in [5.74, 6) is -1.47. The Kier molecular flexibility index (Phi) is 3.90. The monoisotopic (exact) mass is 310 g/mol. The summed E-state index contributed by atoms with van der Waals surface area (Å²) in [5, 5.41) is 27.8. The number of carbonyl (C=O) groups is 1. The van der Waals surface area contributed by atoms with Crippen molar-refractivity contribution < 1.29 is 14.8 Å². The first-order chi connectivity index (χ1) is 9.82. The van der Waals surface area contributed by atoms with Crippen LogP contribution >= 0.6 is 11.6 Å². The zero-order valence-electron chi connectivity index (χ0n) is 11.1. The van der Waals surface area contributed by atoms with Crippen molar-refractivity contribution in [2.75, 3.05) is 0 Å². The van der Waals surface area contributed by atoms with E-state index in [1.165, 1.54) is 22.9 Å². The summed E-state index contributed by atoms with van der Waals surface area (Å²) in [5.41, 5.74) is -0.0958. The summed E-state index contributed by atoms with van der Waals surface area (Å²) in [6.45, 7) is 3.51. The Morgan fingerprint density at radius 2 is 2.14 bits per heavy atom. The van der Waals surface area contributed by atoms with Crippen LogP contribution in [0.25, 0.3) is 5.69 Å². The maximum absolute atomic E-state index is 11.2. The minimum absolute atomic E-state index is 0.119. The third-order valence-corrected chi connectivity index (χ3v) is 3.05. The molecule has 0 radical (unpaired) electrons. The molecule has 0 aliphatic carbocycles. The van der Waals surface area contributed by atoms with Gasteiger partial charge < -0.3 is 5.11 Å². The van der Waals surface area contributed by atoms with E-state index in [0.29, 0.717) is 0 Å². The minimum Gasteiger partial charge on any atom is -0.476 e. The smallest absolute Gasteiger partial charge is 0.358 e. The van der Waals surface area contributed by atoms with Crippen LogP contribution in [0.2, 0.25) is 5.02 Å². The van der Waals surface area contributed by atoms with Crippen LogP contribution in [0.1, 0.15) is 35.9 Å². The Labute approximate surface area is 124 Å². The first-order valence-electron chi connectivity index (χ1n) is 5.96. The van der Waals surface area contributed by atoms with E-state index in [4.69, 9.17) is 16.7 Å². The first kappa shape index (κ1) is 14.9. The highest BCUT2D eigenvalue weighted by Gasteiger charge is 2.26. The Morgan fingerprint density at radius 3 is 2.67 bits per heavy atom. The van der Waals surface area contributed by atoms with Gasteiger partial charge in [-0.1, -0.05) is 30.7 Å². The standard InChI is InChI=1S/C12H11ClN4O4/c1-6(2)11-10(12(18)19)14-15-16(11)8-4-3-7(13)5-9(8)17(20)21/h3-6H,1-2H3,(H,18,19). The highest BCUT2D eigenvalue weighted by atomic mass is 35.5. The highest BCUT2D eigenvalue weighted by molar-refractivity contribution is 6.30. The second-order valence-electron chi connectivity index (χ2n) is 4.59. The second-order valence-corrected chi connectivity index (χ2v) is 5.02. The number of nitro groups is 1. The average Bonchev–Trinajstić information content (AvgIpc) is 2.83. The number of nitro benzene ring substituents is 1. The van der Waals surface area contributed by atoms with Gasteiger partial charge in [0, 0.05) is 11.1 Å². The molecule has 8 nitrogen and oxygen atoms in total. The normalized spacial score (nSPS) is 10.9. The number of aromatic nitrogens is 3. The third-order valence-electron chi connectivity index (χ3n) is 2.82. The van der Waals surface area contributed by atoms with Gasteiger partial charge in [-0.15, -0.1) is 5.10 Å². The van der Waals surface area contributed by atoms with E-state index in [-0.39, 0.29) is 33.7 Å². The molecule has 1 aromatic heterocycles. The summed E-state index contributed by atoms with van der Waals surface area (Å²) in [6, 6.07) is 4.06. The highest BCUT2D eigenvalue weighted by Crippen LogP contribution is 2.29. The van der Waals surface area contributed by atoms with Gasteiger partial charge in [0.25, 0.3) is 5.69 Å². The van der Waals surface area contributed by atoms with Gasteiger partial charge in [-0.2, -0.15) is 0 Å². The number of hydrogen-bond acceptors (Lipinski definition) is 5. The van der Waals surface area contributed by atoms with Crippen molar-refractivity contribution in [3.8, 4) is 5.69 Å². The molecule has 0 fully saturated rings. The van der Waals surface area contributed by atoms with E-state index in [0.717, 1.165) is 0 Å². The molecule has 0 amide bonds. The Bertz CT molecular complexity index is 726. The second kappa shape index (κ2) is 5.49. The van der Waals surface area contributed by atoms with Gasteiger partial charge in [0.2, 0.25) is 0 Å². The molecular weight excluding hydrogens is 300 g/mol. The van der Waals surface area contributed by atoms with Gasteiger partial charge in [-0.3, -0.25) is 10.1 Å². The molecule has 0 saturated carbocycles. The van der Waals surface area contributed by atoms with Crippen LogP contribution in [0, 0.1) is 10.1 Å². The van der Waals surface area contributed by atoms with Gasteiger partial charge >= 0.3 is 5.97 Å². The number of rotatable bonds is 4. The topological polar surface area (TPSA) is 111 Å². The summed E-state index contributed by atoms with van der Waals surface area (Å²) in [4.78, 5) is 21.7. The Morgan fingerprint density at radius 1 is 1.48 bits per heavy atom. The summed E-state index contributed by atoms with van der Waals surface area (Å²) in [7, 11) is 0. The first-order valence-corrected chi connectivity index (χ1v) is 6.34. The molecule has 0 atom stereocenters. The van der Waals surface area contributed by atoms with Crippen molar-refractivity contribution in [2.24, 2.45) is 0 Å². The van der Waals surface area contributed by atoms with E-state index in [2.05, 4.69) is 10.3 Å². The van der Waals surface area contributed by atoms with Crippen LogP contribution in [0.15, 0.2) is 18.2 Å². The van der Waals surface area contributed by atoms with Crippen molar-refractivity contribution in [1.29, 1.82) is 0 Å². The van der Waals surface area contributed by atoms with Gasteiger partial charge in [0.05, 0.1) is 10.6 Å². The zero-order chi connectivity index (χ0) is 15.7. The van der Waals surface area contributed by atoms with Crippen LogP contribution in [0.3, 0.4) is 0 Å². The molecule has 2 rings (SSSR count). The van der Waals surface area contributed by atoms with Crippen molar-refractivity contribution >= 4 is 23.3 Å². The molecule has 21 heavy (non-hydrogen) atoms. The molecule has 0 spiro atoms. The molecule has 9 heteroatoms. The SMILES string of the molecule is CC(C)c1c(C(=O)O)nnn1-c1ccc(Cl)cc1[N+](=O)[O-]. The number of benzene rings is 1. The summed E-state index contributed by atoms with van der Waals surface area (Å²) < 4.78 is 1.17. The van der Waals surface area contributed by atoms with Crippen LogP contribution < -0.4 is 0 Å². The molecule has 110 valence electrons. The molecule has 0 bridgehead atoms. The average molecular weight is 311 g/mol. The van der Waals surface area contributed by atoms with Crippen LogP contribution in [-0.2, 0) is 0 Å². The maximum Gasteiger partial charge on any atom is 0.358 e. The molecule has 1 aromatic carbocycles. The lowest BCUT2D eigenvalue weighted by Crippen LogP contribution is -2.10. The summed E-state index contributed by atoms with van der Waals surface area (Å²) in [6.07, 6.45) is 0. The predicted octanol–water partition coefficient (Wildman–Crippen LogP) is 2.65. The third kappa shape index (κ3) is 2.70. The Balaban J connectivity index is 2.73. The minimum atomic E-state index is -1.23. The van der Waals surface area contributed by atoms with E-state index in [1.807, 2.05) is 0 Å². The summed E-state index contributed by atoms with van der Waals surface area (Å²) >= 11 is 5.76. The van der Waals surface area contributed by atoms with E-state index in [9.17, 15) is 14.9 Å². The van der Waals surface area contributed by atoms with Crippen molar-refractivity contribution in [2.45, 2.75) is 19.8 Å². The van der Waals surface area contributed by atoms with Gasteiger partial charge in [-0.05, 0) is 18.1 Å². The quantitative estimate of drug-likeness (QED) is 0.686. The van der Waals surface area contributed by atoms with Gasteiger partial charge in [-0.25, -0.2) is 9.48 Å². The molecule has 0 aliphatic rings. The molecular formula is C12H11ClN4O4. The molecule has 0 saturated heterocycles. The van der Waals surface area contributed by atoms with Crippen molar-refractivity contribution in [3.05, 3.63) is 44.7 Å². The van der Waals surface area contributed by atoms with Crippen molar-refractivity contribution in [1.82, 2.24) is 15.0 Å². The number of aromatic carboxylic acids is 1. The van der Waals surface area contributed by atoms with E-state index < -0.39 is 10.9 Å². The van der Waals surface area contributed by atoms with Crippen LogP contribution in [-0.4, -0.2) is 31.0 Å². The number of halogens is 1. The van der Waals surface area contributed by atoms with Crippen molar-refractivity contribution in [3.63, 3.8) is 0 Å². The Hall–Kier alpha value is -2.48. The lowest BCUT2D eigenvalue weighted by molar-refractivity contribution is -0.384. The van der Waals surface area contributed by atoms with Gasteiger partial charge in [0.1, 0.15) is 5.69 Å². The molecule has 0 aliphatic heterocycles. The molecule has 0 unspecified atom stereocenters. The lowest BCUT2D eigenvalue weighted by atomic mass is 10.1. The number of carboxylic acid groups (broad SMARTS) is 1. The van der Waals surface area contributed by atoms with Crippen LogP contribution in [0.5, 0.6) is 0 Å². The molecule has 2 aromatic rings. The zero-order valence-corrected chi connectivity index (χ0v) is 11.9. The molecule has 1 heterocycles.